The highest BCUT2D eigenvalue weighted by Crippen LogP contribution is 2.24. The van der Waals surface area contributed by atoms with Gasteiger partial charge in [0.2, 0.25) is 5.90 Å². The van der Waals surface area contributed by atoms with Gasteiger partial charge in [0.25, 0.3) is 0 Å². The van der Waals surface area contributed by atoms with Crippen molar-refractivity contribution in [3.63, 3.8) is 0 Å². The second kappa shape index (κ2) is 8.53. The summed E-state index contributed by atoms with van der Waals surface area (Å²) in [7, 11) is 0. The summed E-state index contributed by atoms with van der Waals surface area (Å²) in [5.41, 5.74) is 1.65. The maximum absolute atomic E-state index is 12.2. The second-order valence-electron chi connectivity index (χ2n) is 6.25. The number of rotatable bonds is 4. The van der Waals surface area contributed by atoms with Gasteiger partial charge in [0.15, 0.2) is 5.70 Å². The molecular weight excluding hydrogens is 425 g/mol. The number of cyclic esters (lactones) is 1. The molecule has 0 fully saturated rings. The van der Waals surface area contributed by atoms with Crippen LogP contribution in [0, 0.1) is 0 Å². The largest absolute Gasteiger partial charge is 0.423 e. The molecule has 1 aliphatic rings. The highest BCUT2D eigenvalue weighted by Gasteiger charge is 2.25. The number of aliphatic imine (C=N–C) groups is 1. The van der Waals surface area contributed by atoms with Gasteiger partial charge in [-0.25, -0.2) is 14.6 Å². The van der Waals surface area contributed by atoms with Crippen LogP contribution in [-0.2, 0) is 9.53 Å². The van der Waals surface area contributed by atoms with Gasteiger partial charge in [-0.15, -0.1) is 0 Å². The van der Waals surface area contributed by atoms with Crippen LogP contribution in [0.25, 0.3) is 6.08 Å². The zero-order chi connectivity index (χ0) is 21.1. The van der Waals surface area contributed by atoms with Crippen LogP contribution in [0.4, 0.5) is 0 Å². The third-order valence-corrected chi connectivity index (χ3v) is 4.87. The Hall–Kier alpha value is -3.41. The van der Waals surface area contributed by atoms with Gasteiger partial charge in [0.1, 0.15) is 5.75 Å². The van der Waals surface area contributed by atoms with E-state index in [1.165, 1.54) is 0 Å². The number of benzene rings is 3. The SMILES string of the molecule is O=C1OC(c2ccccc2Cl)=N/C1=C\c1ccc(OC(=O)c2ccccc2Cl)cc1. The fraction of sp³-hybridized carbons (Fsp3) is 0. The van der Waals surface area contributed by atoms with Gasteiger partial charge in [0.05, 0.1) is 21.2 Å². The van der Waals surface area contributed by atoms with E-state index < -0.39 is 11.9 Å². The van der Waals surface area contributed by atoms with Crippen LogP contribution < -0.4 is 4.74 Å². The Labute approximate surface area is 182 Å². The van der Waals surface area contributed by atoms with Crippen LogP contribution in [0.1, 0.15) is 21.5 Å². The molecule has 0 saturated carbocycles. The van der Waals surface area contributed by atoms with Crippen molar-refractivity contribution in [2.75, 3.05) is 0 Å². The fourth-order valence-corrected chi connectivity index (χ4v) is 3.17. The van der Waals surface area contributed by atoms with Gasteiger partial charge in [-0.2, -0.15) is 0 Å². The van der Waals surface area contributed by atoms with Crippen molar-refractivity contribution in [3.05, 3.63) is 105 Å². The average molecular weight is 438 g/mol. The zero-order valence-electron chi connectivity index (χ0n) is 15.3. The maximum atomic E-state index is 12.2. The van der Waals surface area contributed by atoms with E-state index in [4.69, 9.17) is 32.7 Å². The lowest BCUT2D eigenvalue weighted by atomic mass is 10.2. The van der Waals surface area contributed by atoms with Crippen molar-refractivity contribution in [1.82, 2.24) is 0 Å². The Morgan fingerprint density at radius 1 is 0.900 bits per heavy atom. The fourth-order valence-electron chi connectivity index (χ4n) is 2.74. The molecule has 30 heavy (non-hydrogen) atoms. The molecular formula is C23H13Cl2NO4. The first-order chi connectivity index (χ1) is 14.5. The summed E-state index contributed by atoms with van der Waals surface area (Å²) in [4.78, 5) is 28.6. The minimum atomic E-state index is -0.570. The predicted molar refractivity (Wildman–Crippen MR) is 115 cm³/mol. The molecule has 0 radical (unpaired) electrons. The standard InChI is InChI=1S/C23H13Cl2NO4/c24-18-7-3-1-5-16(18)21-26-20(23(28)30-21)13-14-9-11-15(12-10-14)29-22(27)17-6-2-4-8-19(17)25/h1-13H/b20-13-. The number of hydrogen-bond donors (Lipinski definition) is 0. The molecule has 3 aromatic carbocycles. The molecule has 3 aromatic rings. The van der Waals surface area contributed by atoms with Crippen LogP contribution in [0.3, 0.4) is 0 Å². The number of esters is 2. The number of hydrogen-bond acceptors (Lipinski definition) is 5. The number of halogens is 2. The average Bonchev–Trinajstić information content (AvgIpc) is 3.10. The molecule has 148 valence electrons. The zero-order valence-corrected chi connectivity index (χ0v) is 16.9. The van der Waals surface area contributed by atoms with E-state index in [9.17, 15) is 9.59 Å². The summed E-state index contributed by atoms with van der Waals surface area (Å²) in [6, 6.07) is 20.2. The van der Waals surface area contributed by atoms with E-state index in [0.717, 1.165) is 0 Å². The first-order valence-corrected chi connectivity index (χ1v) is 9.61. The molecule has 7 heteroatoms. The van der Waals surface area contributed by atoms with E-state index >= 15 is 0 Å². The highest BCUT2D eigenvalue weighted by molar-refractivity contribution is 6.34. The second-order valence-corrected chi connectivity index (χ2v) is 7.07. The Bertz CT molecular complexity index is 1200. The third kappa shape index (κ3) is 4.27. The van der Waals surface area contributed by atoms with Gasteiger partial charge >= 0.3 is 11.9 Å². The molecule has 1 aliphatic heterocycles. The minimum Gasteiger partial charge on any atom is -0.423 e. The Balaban J connectivity index is 1.51. The van der Waals surface area contributed by atoms with Gasteiger partial charge in [-0.3, -0.25) is 0 Å². The molecule has 0 aromatic heterocycles. The minimum absolute atomic E-state index is 0.144. The Morgan fingerprint density at radius 3 is 2.27 bits per heavy atom. The third-order valence-electron chi connectivity index (χ3n) is 4.21. The first kappa shape index (κ1) is 19.9. The van der Waals surface area contributed by atoms with Gasteiger partial charge in [-0.05, 0) is 48.0 Å². The Morgan fingerprint density at radius 2 is 1.57 bits per heavy atom. The molecule has 0 unspecified atom stereocenters. The van der Waals surface area contributed by atoms with Crippen LogP contribution >= 0.6 is 23.2 Å². The number of carbonyl (C=O) groups excluding carboxylic acids is 2. The molecule has 0 spiro atoms. The van der Waals surface area contributed by atoms with Crippen molar-refractivity contribution in [3.8, 4) is 5.75 Å². The normalized spacial score (nSPS) is 14.4. The molecule has 0 N–H and O–H groups in total. The van der Waals surface area contributed by atoms with Crippen LogP contribution in [0.15, 0.2) is 83.5 Å². The molecule has 1 heterocycles. The molecule has 5 nitrogen and oxygen atoms in total. The maximum Gasteiger partial charge on any atom is 0.363 e. The lowest BCUT2D eigenvalue weighted by Gasteiger charge is -2.06. The van der Waals surface area contributed by atoms with Crippen molar-refractivity contribution in [2.24, 2.45) is 4.99 Å². The summed E-state index contributed by atoms with van der Waals surface area (Å²) in [6.45, 7) is 0. The summed E-state index contributed by atoms with van der Waals surface area (Å²) >= 11 is 12.1. The van der Waals surface area contributed by atoms with Crippen molar-refractivity contribution in [1.29, 1.82) is 0 Å². The quantitative estimate of drug-likeness (QED) is 0.304. The molecule has 0 aliphatic carbocycles. The van der Waals surface area contributed by atoms with Crippen LogP contribution in [0.5, 0.6) is 5.75 Å². The van der Waals surface area contributed by atoms with Crippen molar-refractivity contribution in [2.45, 2.75) is 0 Å². The number of ether oxygens (including phenoxy) is 2. The summed E-state index contributed by atoms with van der Waals surface area (Å²) < 4.78 is 10.6. The predicted octanol–water partition coefficient (Wildman–Crippen LogP) is 5.56. The number of carbonyl (C=O) groups is 2. The molecule has 0 saturated heterocycles. The van der Waals surface area contributed by atoms with E-state index in [1.807, 2.05) is 0 Å². The highest BCUT2D eigenvalue weighted by atomic mass is 35.5. The van der Waals surface area contributed by atoms with Crippen LogP contribution in [-0.4, -0.2) is 17.8 Å². The summed E-state index contributed by atoms with van der Waals surface area (Å²) in [6.07, 6.45) is 1.58. The van der Waals surface area contributed by atoms with Gasteiger partial charge < -0.3 is 9.47 Å². The van der Waals surface area contributed by atoms with E-state index in [1.54, 1.807) is 78.9 Å². The summed E-state index contributed by atoms with van der Waals surface area (Å²) in [5.74, 6) is -0.627. The lowest BCUT2D eigenvalue weighted by Crippen LogP contribution is -2.08. The van der Waals surface area contributed by atoms with E-state index in [-0.39, 0.29) is 17.2 Å². The lowest BCUT2D eigenvalue weighted by molar-refractivity contribution is -0.129. The van der Waals surface area contributed by atoms with E-state index in [2.05, 4.69) is 4.99 Å². The molecule has 0 amide bonds. The smallest absolute Gasteiger partial charge is 0.363 e. The molecule has 0 bridgehead atoms. The first-order valence-electron chi connectivity index (χ1n) is 8.85. The topological polar surface area (TPSA) is 65.0 Å². The Kier molecular flexibility index (Phi) is 5.65. The van der Waals surface area contributed by atoms with Crippen LogP contribution in [0.2, 0.25) is 10.0 Å². The van der Waals surface area contributed by atoms with E-state index in [0.29, 0.717) is 26.9 Å². The van der Waals surface area contributed by atoms with Crippen molar-refractivity contribution < 1.29 is 19.1 Å². The van der Waals surface area contributed by atoms with Gasteiger partial charge in [-0.1, -0.05) is 59.6 Å². The molecule has 0 atom stereocenters. The van der Waals surface area contributed by atoms with Crippen molar-refractivity contribution >= 4 is 47.1 Å². The molecule has 4 rings (SSSR count). The summed E-state index contributed by atoms with van der Waals surface area (Å²) in [5, 5.41) is 0.755. The monoisotopic (exact) mass is 437 g/mol. The number of nitrogens with zero attached hydrogens (tertiary/aromatic N) is 1. The van der Waals surface area contributed by atoms with Gasteiger partial charge in [0, 0.05) is 0 Å².